The van der Waals surface area contributed by atoms with Crippen molar-refractivity contribution in [3.8, 4) is 5.88 Å². The number of rotatable bonds is 9. The van der Waals surface area contributed by atoms with Crippen molar-refractivity contribution in [2.75, 3.05) is 5.75 Å². The van der Waals surface area contributed by atoms with Gasteiger partial charge in [-0.05, 0) is 75.8 Å². The maximum Gasteiger partial charge on any atom is 0.310 e. The molecule has 32 heavy (non-hydrogen) atoms. The Labute approximate surface area is 196 Å². The van der Waals surface area contributed by atoms with Gasteiger partial charge in [-0.1, -0.05) is 37.9 Å². The van der Waals surface area contributed by atoms with Crippen molar-refractivity contribution < 1.29 is 17.4 Å². The summed E-state index contributed by atoms with van der Waals surface area (Å²) in [4.78, 5) is 13.7. The zero-order valence-electron chi connectivity index (χ0n) is 20.2. The number of benzene rings is 1. The average molecular weight is 481 g/mol. The Morgan fingerprint density at radius 1 is 1.16 bits per heavy atom. The summed E-state index contributed by atoms with van der Waals surface area (Å²) in [6, 6.07) is 3.37. The van der Waals surface area contributed by atoms with Crippen LogP contribution in [-0.2, 0) is 16.7 Å². The Balaban J connectivity index is 2.70. The number of aromatic nitrogens is 2. The third kappa shape index (κ3) is 5.62. The van der Waals surface area contributed by atoms with Gasteiger partial charge in [0.15, 0.2) is 0 Å². The van der Waals surface area contributed by atoms with E-state index in [0.29, 0.717) is 29.2 Å². The molecule has 0 saturated heterocycles. The molecule has 0 unspecified atom stereocenters. The van der Waals surface area contributed by atoms with Crippen LogP contribution >= 0.6 is 11.6 Å². The predicted molar refractivity (Wildman–Crippen MR) is 130 cm³/mol. The summed E-state index contributed by atoms with van der Waals surface area (Å²) in [5.74, 6) is -0.627. The molecule has 2 aromatic rings. The van der Waals surface area contributed by atoms with Crippen molar-refractivity contribution in [1.29, 1.82) is 0 Å². The number of ketones is 1. The van der Waals surface area contributed by atoms with E-state index in [0.717, 1.165) is 22.3 Å². The molecule has 0 spiro atoms. The van der Waals surface area contributed by atoms with Gasteiger partial charge in [0.1, 0.15) is 5.56 Å². The minimum absolute atomic E-state index is 0.0233. The number of nitrogens with zero attached hydrogens (tertiary/aromatic N) is 2. The summed E-state index contributed by atoms with van der Waals surface area (Å²) in [7, 11) is -3.89. The molecular weight excluding hydrogens is 448 g/mol. The lowest BCUT2D eigenvalue weighted by atomic mass is 9.91. The van der Waals surface area contributed by atoms with Gasteiger partial charge >= 0.3 is 10.1 Å². The smallest absolute Gasteiger partial charge is 0.310 e. The zero-order valence-corrected chi connectivity index (χ0v) is 21.7. The Kier molecular flexibility index (Phi) is 8.34. The number of hydrogen-bond donors (Lipinski definition) is 0. The fourth-order valence-corrected chi connectivity index (χ4v) is 5.24. The van der Waals surface area contributed by atoms with E-state index in [1.54, 1.807) is 32.9 Å². The van der Waals surface area contributed by atoms with Crippen LogP contribution in [0.1, 0.15) is 80.7 Å². The first kappa shape index (κ1) is 26.1. The molecule has 8 heteroatoms. The van der Waals surface area contributed by atoms with Crippen molar-refractivity contribution in [2.24, 2.45) is 5.92 Å². The SMILES string of the molecule is CCCn1nc(C)c(C(=O)c2ccc(Cl)c(C(C)=C(C)C)c2C)c1OS(=O)(=O)CC(C)C. The van der Waals surface area contributed by atoms with Gasteiger partial charge in [-0.2, -0.15) is 13.5 Å². The van der Waals surface area contributed by atoms with Gasteiger partial charge in [0.05, 0.1) is 11.4 Å². The third-order valence-corrected chi connectivity index (χ3v) is 7.07. The van der Waals surface area contributed by atoms with Crippen molar-refractivity contribution in [3.05, 3.63) is 50.7 Å². The highest BCUT2D eigenvalue weighted by molar-refractivity contribution is 7.87. The summed E-state index contributed by atoms with van der Waals surface area (Å²) in [5.41, 5.74) is 4.66. The second-order valence-electron chi connectivity index (χ2n) is 8.74. The molecule has 2 rings (SSSR count). The van der Waals surface area contributed by atoms with Crippen LogP contribution in [0.2, 0.25) is 5.02 Å². The van der Waals surface area contributed by atoms with E-state index in [2.05, 4.69) is 5.10 Å². The fraction of sp³-hybridized carbons (Fsp3) is 0.500. The predicted octanol–water partition coefficient (Wildman–Crippen LogP) is 5.97. The van der Waals surface area contributed by atoms with Crippen LogP contribution in [0.4, 0.5) is 0 Å². The molecule has 0 amide bonds. The minimum atomic E-state index is -3.89. The fourth-order valence-electron chi connectivity index (χ4n) is 3.60. The Hall–Kier alpha value is -2.12. The highest BCUT2D eigenvalue weighted by Crippen LogP contribution is 2.34. The van der Waals surface area contributed by atoms with Gasteiger partial charge in [0.25, 0.3) is 0 Å². The molecule has 0 radical (unpaired) electrons. The summed E-state index contributed by atoms with van der Waals surface area (Å²) in [6.45, 7) is 15.5. The topological polar surface area (TPSA) is 78.3 Å². The lowest BCUT2D eigenvalue weighted by Gasteiger charge is -2.16. The molecule has 0 bridgehead atoms. The third-order valence-electron chi connectivity index (χ3n) is 5.27. The molecule has 176 valence electrons. The monoisotopic (exact) mass is 480 g/mol. The van der Waals surface area contributed by atoms with Gasteiger partial charge in [-0.25, -0.2) is 4.68 Å². The van der Waals surface area contributed by atoms with Gasteiger partial charge in [0.2, 0.25) is 11.7 Å². The molecule has 0 aliphatic carbocycles. The summed E-state index contributed by atoms with van der Waals surface area (Å²) >= 11 is 6.47. The van der Waals surface area contributed by atoms with Gasteiger partial charge in [-0.15, -0.1) is 0 Å². The number of carbonyl (C=O) groups is 1. The van der Waals surface area contributed by atoms with E-state index in [1.807, 2.05) is 34.6 Å². The Morgan fingerprint density at radius 2 is 1.78 bits per heavy atom. The summed E-state index contributed by atoms with van der Waals surface area (Å²) < 4.78 is 32.2. The van der Waals surface area contributed by atoms with Crippen LogP contribution in [0.3, 0.4) is 0 Å². The average Bonchev–Trinajstić information content (AvgIpc) is 2.94. The minimum Gasteiger partial charge on any atom is -0.361 e. The first-order chi connectivity index (χ1) is 14.8. The van der Waals surface area contributed by atoms with Crippen molar-refractivity contribution in [2.45, 2.75) is 68.4 Å². The highest BCUT2D eigenvalue weighted by Gasteiger charge is 2.29. The van der Waals surface area contributed by atoms with Crippen molar-refractivity contribution in [3.63, 3.8) is 0 Å². The van der Waals surface area contributed by atoms with Gasteiger partial charge in [0, 0.05) is 17.1 Å². The zero-order chi connectivity index (χ0) is 24.4. The molecule has 1 aromatic heterocycles. The molecular formula is C24H33ClN2O4S. The van der Waals surface area contributed by atoms with Crippen LogP contribution in [0, 0.1) is 19.8 Å². The maximum atomic E-state index is 13.7. The Bertz CT molecular complexity index is 1160. The molecule has 1 aromatic carbocycles. The van der Waals surface area contributed by atoms with Crippen LogP contribution in [0.25, 0.3) is 5.57 Å². The molecule has 1 heterocycles. The van der Waals surface area contributed by atoms with E-state index >= 15 is 0 Å². The Morgan fingerprint density at radius 3 is 2.31 bits per heavy atom. The van der Waals surface area contributed by atoms with E-state index in [-0.39, 0.29) is 28.9 Å². The van der Waals surface area contributed by atoms with Gasteiger partial charge in [-0.3, -0.25) is 4.79 Å². The number of carbonyl (C=O) groups excluding carboxylic acids is 1. The molecule has 0 aliphatic heterocycles. The largest absolute Gasteiger partial charge is 0.361 e. The highest BCUT2D eigenvalue weighted by atomic mass is 35.5. The molecule has 0 fully saturated rings. The second-order valence-corrected chi connectivity index (χ2v) is 10.8. The van der Waals surface area contributed by atoms with Gasteiger partial charge < -0.3 is 4.18 Å². The number of allylic oxidation sites excluding steroid dienone is 2. The first-order valence-corrected chi connectivity index (χ1v) is 12.7. The van der Waals surface area contributed by atoms with E-state index < -0.39 is 10.1 Å². The molecule has 0 saturated carbocycles. The molecule has 6 nitrogen and oxygen atoms in total. The van der Waals surface area contributed by atoms with Crippen LogP contribution in [-0.4, -0.2) is 29.7 Å². The van der Waals surface area contributed by atoms with Crippen LogP contribution in [0.15, 0.2) is 17.7 Å². The van der Waals surface area contributed by atoms with Crippen LogP contribution < -0.4 is 4.18 Å². The normalized spacial score (nSPS) is 11.7. The molecule has 0 atom stereocenters. The second kappa shape index (κ2) is 10.2. The quantitative estimate of drug-likeness (QED) is 0.326. The van der Waals surface area contributed by atoms with E-state index in [9.17, 15) is 13.2 Å². The number of aryl methyl sites for hydroxylation is 2. The molecule has 0 N–H and O–H groups in total. The maximum absolute atomic E-state index is 13.7. The lowest BCUT2D eigenvalue weighted by Crippen LogP contribution is -2.21. The first-order valence-electron chi connectivity index (χ1n) is 10.8. The number of hydrogen-bond acceptors (Lipinski definition) is 5. The van der Waals surface area contributed by atoms with Crippen LogP contribution in [0.5, 0.6) is 5.88 Å². The van der Waals surface area contributed by atoms with E-state index in [4.69, 9.17) is 15.8 Å². The lowest BCUT2D eigenvalue weighted by molar-refractivity contribution is 0.103. The van der Waals surface area contributed by atoms with Crippen molar-refractivity contribution in [1.82, 2.24) is 9.78 Å². The van der Waals surface area contributed by atoms with Crippen molar-refractivity contribution >= 4 is 33.1 Å². The summed E-state index contributed by atoms with van der Waals surface area (Å²) in [6.07, 6.45) is 0.708. The molecule has 0 aliphatic rings. The number of halogens is 1. The summed E-state index contributed by atoms with van der Waals surface area (Å²) in [5, 5.41) is 4.98. The standard InChI is InChI=1S/C24H33ClN2O4S/c1-9-12-27-24(31-32(29,30)13-14(2)3)22(18(8)26-27)23(28)19-10-11-20(25)21(17(19)7)16(6)15(4)5/h10-11,14H,9,12-13H2,1-8H3. The van der Waals surface area contributed by atoms with E-state index in [1.165, 1.54) is 4.68 Å².